The van der Waals surface area contributed by atoms with Crippen molar-refractivity contribution in [2.75, 3.05) is 0 Å². The molecule has 2 fully saturated rings. The van der Waals surface area contributed by atoms with Crippen LogP contribution in [0.1, 0.15) is 59.8 Å². The van der Waals surface area contributed by atoms with E-state index in [0.29, 0.717) is 17.9 Å². The Bertz CT molecular complexity index is 303. The number of nitrogens with one attached hydrogen (secondary N) is 1. The molecule has 104 valence electrons. The molecule has 1 saturated heterocycles. The minimum atomic E-state index is 0.0610. The van der Waals surface area contributed by atoms with Crippen LogP contribution in [0.25, 0.3) is 0 Å². The molecule has 3 nitrogen and oxygen atoms in total. The highest BCUT2D eigenvalue weighted by atomic mass is 16.2. The summed E-state index contributed by atoms with van der Waals surface area (Å²) in [6, 6.07) is 0.549. The molecule has 2 aliphatic rings. The number of rotatable bonds is 4. The topological polar surface area (TPSA) is 32.3 Å². The van der Waals surface area contributed by atoms with Crippen molar-refractivity contribution in [3.8, 4) is 0 Å². The van der Waals surface area contributed by atoms with E-state index in [1.807, 2.05) is 0 Å². The van der Waals surface area contributed by atoms with Crippen molar-refractivity contribution in [2.45, 2.75) is 78.0 Å². The molecule has 0 radical (unpaired) electrons. The van der Waals surface area contributed by atoms with E-state index in [4.69, 9.17) is 0 Å². The van der Waals surface area contributed by atoms with Gasteiger partial charge in [0.05, 0.1) is 12.2 Å². The van der Waals surface area contributed by atoms with Crippen molar-refractivity contribution in [3.05, 3.63) is 0 Å². The van der Waals surface area contributed by atoms with Gasteiger partial charge in [-0.2, -0.15) is 0 Å². The summed E-state index contributed by atoms with van der Waals surface area (Å²) in [4.78, 5) is 14.7. The summed E-state index contributed by atoms with van der Waals surface area (Å²) >= 11 is 0. The summed E-state index contributed by atoms with van der Waals surface area (Å²) in [6.45, 7) is 8.86. The number of hydrogen-bond acceptors (Lipinski definition) is 2. The zero-order valence-electron chi connectivity index (χ0n) is 12.3. The molecule has 0 bridgehead atoms. The molecule has 1 heterocycles. The lowest BCUT2D eigenvalue weighted by atomic mass is 10.0. The second-order valence-electron chi connectivity index (χ2n) is 6.59. The minimum absolute atomic E-state index is 0.0610. The van der Waals surface area contributed by atoms with Crippen LogP contribution < -0.4 is 5.32 Å². The van der Waals surface area contributed by atoms with Crippen molar-refractivity contribution in [2.24, 2.45) is 11.8 Å². The second kappa shape index (κ2) is 5.60. The molecule has 1 N–H and O–H groups in total. The van der Waals surface area contributed by atoms with E-state index < -0.39 is 0 Å². The van der Waals surface area contributed by atoms with E-state index >= 15 is 0 Å². The lowest BCUT2D eigenvalue weighted by Gasteiger charge is -2.29. The molecule has 1 amide bonds. The third-order valence-corrected chi connectivity index (χ3v) is 4.44. The van der Waals surface area contributed by atoms with Crippen LogP contribution in [0, 0.1) is 11.8 Å². The average molecular weight is 252 g/mol. The van der Waals surface area contributed by atoms with Gasteiger partial charge >= 0.3 is 0 Å². The fourth-order valence-electron chi connectivity index (χ4n) is 3.54. The van der Waals surface area contributed by atoms with Gasteiger partial charge in [0.2, 0.25) is 5.91 Å². The lowest BCUT2D eigenvalue weighted by molar-refractivity contribution is -0.132. The fourth-order valence-corrected chi connectivity index (χ4v) is 3.54. The normalized spacial score (nSPS) is 36.9. The quantitative estimate of drug-likeness (QED) is 0.834. The zero-order chi connectivity index (χ0) is 13.3. The van der Waals surface area contributed by atoms with Crippen molar-refractivity contribution >= 4 is 5.91 Å². The zero-order valence-corrected chi connectivity index (χ0v) is 12.3. The van der Waals surface area contributed by atoms with Gasteiger partial charge < -0.3 is 4.90 Å². The first-order valence-corrected chi connectivity index (χ1v) is 7.61. The Morgan fingerprint density at radius 3 is 2.61 bits per heavy atom. The first-order valence-electron chi connectivity index (χ1n) is 7.61. The third kappa shape index (κ3) is 2.71. The minimum Gasteiger partial charge on any atom is -0.323 e. The molecule has 0 spiro atoms. The standard InChI is InChI=1S/C15H28N2O/c1-5-14-16-13(8-10(2)3)15(18)17(14)12-7-6-11(4)9-12/h10-14,16H,5-9H2,1-4H3. The van der Waals surface area contributed by atoms with Gasteiger partial charge in [-0.15, -0.1) is 0 Å². The Morgan fingerprint density at radius 1 is 1.39 bits per heavy atom. The summed E-state index contributed by atoms with van der Waals surface area (Å²) in [5.74, 6) is 1.71. The molecule has 18 heavy (non-hydrogen) atoms. The molecule has 2 rings (SSSR count). The molecular weight excluding hydrogens is 224 g/mol. The highest BCUT2D eigenvalue weighted by Crippen LogP contribution is 2.33. The second-order valence-corrected chi connectivity index (χ2v) is 6.59. The van der Waals surface area contributed by atoms with Crippen molar-refractivity contribution in [3.63, 3.8) is 0 Å². The maximum atomic E-state index is 12.6. The SMILES string of the molecule is CCC1NC(CC(C)C)C(=O)N1C1CCC(C)C1. The average Bonchev–Trinajstić information content (AvgIpc) is 2.83. The van der Waals surface area contributed by atoms with Crippen LogP contribution in [0.15, 0.2) is 0 Å². The van der Waals surface area contributed by atoms with E-state index in [2.05, 4.69) is 37.9 Å². The number of carbonyl (C=O) groups excluding carboxylic acids is 1. The molecule has 0 aromatic rings. The Kier molecular flexibility index (Phi) is 4.31. The van der Waals surface area contributed by atoms with Crippen LogP contribution in [-0.2, 0) is 4.79 Å². The van der Waals surface area contributed by atoms with Crippen LogP contribution in [0.2, 0.25) is 0 Å². The Hall–Kier alpha value is -0.570. The smallest absolute Gasteiger partial charge is 0.241 e. The predicted molar refractivity (Wildman–Crippen MR) is 74.1 cm³/mol. The van der Waals surface area contributed by atoms with E-state index in [1.54, 1.807) is 0 Å². The first kappa shape index (κ1) is 13.9. The predicted octanol–water partition coefficient (Wildman–Crippen LogP) is 2.76. The maximum absolute atomic E-state index is 12.6. The number of nitrogens with zero attached hydrogens (tertiary/aromatic N) is 1. The van der Waals surface area contributed by atoms with Crippen molar-refractivity contribution < 1.29 is 4.79 Å². The van der Waals surface area contributed by atoms with Gasteiger partial charge in [0.1, 0.15) is 0 Å². The van der Waals surface area contributed by atoms with Gasteiger partial charge in [0, 0.05) is 6.04 Å². The molecule has 0 aromatic heterocycles. The molecule has 0 aromatic carbocycles. The number of amides is 1. The van der Waals surface area contributed by atoms with E-state index in [-0.39, 0.29) is 12.2 Å². The van der Waals surface area contributed by atoms with Crippen molar-refractivity contribution in [1.29, 1.82) is 0 Å². The monoisotopic (exact) mass is 252 g/mol. The molecule has 4 unspecified atom stereocenters. The van der Waals surface area contributed by atoms with Gasteiger partial charge in [0.15, 0.2) is 0 Å². The molecule has 1 aliphatic carbocycles. The lowest BCUT2D eigenvalue weighted by Crippen LogP contribution is -2.43. The fraction of sp³-hybridized carbons (Fsp3) is 0.933. The molecule has 1 saturated carbocycles. The van der Waals surface area contributed by atoms with E-state index in [0.717, 1.165) is 18.8 Å². The summed E-state index contributed by atoms with van der Waals surface area (Å²) < 4.78 is 0. The van der Waals surface area contributed by atoms with Crippen LogP contribution in [0.5, 0.6) is 0 Å². The molecular formula is C15H28N2O. The van der Waals surface area contributed by atoms with Gasteiger partial charge in [-0.3, -0.25) is 10.1 Å². The Labute approximate surface area is 111 Å². The summed E-state index contributed by atoms with van der Waals surface area (Å²) in [5, 5.41) is 3.54. The van der Waals surface area contributed by atoms with Crippen LogP contribution in [0.3, 0.4) is 0 Å². The molecule has 1 aliphatic heterocycles. The van der Waals surface area contributed by atoms with E-state index in [9.17, 15) is 4.79 Å². The van der Waals surface area contributed by atoms with Gasteiger partial charge in [-0.05, 0) is 43.9 Å². The summed E-state index contributed by atoms with van der Waals surface area (Å²) in [7, 11) is 0. The number of carbonyl (C=O) groups is 1. The van der Waals surface area contributed by atoms with Gasteiger partial charge in [-0.25, -0.2) is 0 Å². The van der Waals surface area contributed by atoms with Gasteiger partial charge in [0.25, 0.3) is 0 Å². The van der Waals surface area contributed by atoms with Crippen LogP contribution in [0.4, 0.5) is 0 Å². The molecule has 3 heteroatoms. The van der Waals surface area contributed by atoms with E-state index in [1.165, 1.54) is 19.3 Å². The highest BCUT2D eigenvalue weighted by Gasteiger charge is 2.43. The van der Waals surface area contributed by atoms with Crippen LogP contribution in [-0.4, -0.2) is 29.1 Å². The number of hydrogen-bond donors (Lipinski definition) is 1. The largest absolute Gasteiger partial charge is 0.323 e. The Balaban J connectivity index is 2.05. The van der Waals surface area contributed by atoms with Crippen LogP contribution >= 0.6 is 0 Å². The summed E-state index contributed by atoms with van der Waals surface area (Å²) in [6.07, 6.45) is 5.92. The first-order chi connectivity index (χ1) is 8.52. The summed E-state index contributed by atoms with van der Waals surface area (Å²) in [5.41, 5.74) is 0. The molecule has 4 atom stereocenters. The Morgan fingerprint density at radius 2 is 2.11 bits per heavy atom. The van der Waals surface area contributed by atoms with Gasteiger partial charge in [-0.1, -0.05) is 27.7 Å². The van der Waals surface area contributed by atoms with Crippen molar-refractivity contribution in [1.82, 2.24) is 10.2 Å². The maximum Gasteiger partial charge on any atom is 0.241 e. The highest BCUT2D eigenvalue weighted by molar-refractivity contribution is 5.84. The third-order valence-electron chi connectivity index (χ3n) is 4.44.